The molecule has 0 unspecified atom stereocenters. The summed E-state index contributed by atoms with van der Waals surface area (Å²) in [5.41, 5.74) is 1.11. The third-order valence-corrected chi connectivity index (χ3v) is 2.76. The number of nitrogens with one attached hydrogen (secondary N) is 1. The molecule has 7 heteroatoms. The number of benzene rings is 1. The quantitative estimate of drug-likeness (QED) is 0.813. The van der Waals surface area contributed by atoms with Crippen molar-refractivity contribution in [2.45, 2.75) is 26.1 Å². The summed E-state index contributed by atoms with van der Waals surface area (Å²) >= 11 is 0. The van der Waals surface area contributed by atoms with Gasteiger partial charge in [-0.05, 0) is 18.1 Å². The Kier molecular flexibility index (Phi) is 6.64. The number of carbonyl (C=O) groups is 1. The maximum Gasteiger partial charge on any atom is 0.401 e. The lowest BCUT2D eigenvalue weighted by Crippen LogP contribution is -2.35. The van der Waals surface area contributed by atoms with Gasteiger partial charge in [0.15, 0.2) is 0 Å². The van der Waals surface area contributed by atoms with E-state index < -0.39 is 12.7 Å². The minimum Gasteiger partial charge on any atom is -0.396 e. The lowest BCUT2D eigenvalue weighted by atomic mass is 10.1. The maximum absolute atomic E-state index is 12.6. The average molecular weight is 304 g/mol. The molecule has 118 valence electrons. The minimum absolute atomic E-state index is 0.0516. The summed E-state index contributed by atoms with van der Waals surface area (Å²) in [5, 5.41) is 11.4. The Labute approximate surface area is 121 Å². The predicted molar refractivity (Wildman–Crippen MR) is 73.8 cm³/mol. The Hall–Kier alpha value is -1.60. The van der Waals surface area contributed by atoms with Crippen LogP contribution in [0.5, 0.6) is 0 Å². The fourth-order valence-corrected chi connectivity index (χ4v) is 1.97. The highest BCUT2D eigenvalue weighted by Crippen LogP contribution is 2.21. The van der Waals surface area contributed by atoms with Gasteiger partial charge >= 0.3 is 6.18 Å². The zero-order valence-corrected chi connectivity index (χ0v) is 11.8. The van der Waals surface area contributed by atoms with Crippen molar-refractivity contribution < 1.29 is 23.1 Å². The smallest absolute Gasteiger partial charge is 0.396 e. The van der Waals surface area contributed by atoms with Crippen LogP contribution in [0.25, 0.3) is 0 Å². The van der Waals surface area contributed by atoms with E-state index in [2.05, 4.69) is 5.32 Å². The number of aliphatic hydroxyl groups excluding tert-OH is 1. The standard InChI is InChI=1S/C14H19F3N2O2/c1-11(21)18-13-6-3-2-5-12(13)9-19(7-4-8-20)10-14(15,16)17/h2-3,5-6,20H,4,7-10H2,1H3,(H,18,21). The van der Waals surface area contributed by atoms with Gasteiger partial charge in [0.1, 0.15) is 0 Å². The maximum atomic E-state index is 12.6. The van der Waals surface area contributed by atoms with Gasteiger partial charge in [-0.3, -0.25) is 9.69 Å². The van der Waals surface area contributed by atoms with Crippen LogP contribution in [0.3, 0.4) is 0 Å². The second kappa shape index (κ2) is 7.99. The molecule has 0 saturated carbocycles. The summed E-state index contributed by atoms with van der Waals surface area (Å²) < 4.78 is 37.7. The topological polar surface area (TPSA) is 52.6 Å². The van der Waals surface area contributed by atoms with Crippen LogP contribution in [-0.4, -0.2) is 41.8 Å². The summed E-state index contributed by atoms with van der Waals surface area (Å²) in [6, 6.07) is 6.73. The molecular formula is C14H19F3N2O2. The fraction of sp³-hybridized carbons (Fsp3) is 0.500. The van der Waals surface area contributed by atoms with Gasteiger partial charge in [0, 0.05) is 32.3 Å². The Morgan fingerprint density at radius 1 is 1.33 bits per heavy atom. The van der Waals surface area contributed by atoms with Gasteiger partial charge in [0.25, 0.3) is 0 Å². The lowest BCUT2D eigenvalue weighted by molar-refractivity contribution is -0.147. The number of alkyl halides is 3. The van der Waals surface area contributed by atoms with Crippen molar-refractivity contribution >= 4 is 11.6 Å². The van der Waals surface area contributed by atoms with Crippen molar-refractivity contribution in [3.8, 4) is 0 Å². The van der Waals surface area contributed by atoms with Crippen LogP contribution in [0.2, 0.25) is 0 Å². The average Bonchev–Trinajstić information content (AvgIpc) is 2.36. The highest BCUT2D eigenvalue weighted by atomic mass is 19.4. The number of halogens is 3. The van der Waals surface area contributed by atoms with Gasteiger partial charge in [-0.1, -0.05) is 18.2 Å². The van der Waals surface area contributed by atoms with Gasteiger partial charge in [0.05, 0.1) is 6.54 Å². The minimum atomic E-state index is -4.31. The van der Waals surface area contributed by atoms with Gasteiger partial charge in [-0.25, -0.2) is 0 Å². The molecule has 0 bridgehead atoms. The largest absolute Gasteiger partial charge is 0.401 e. The second-order valence-electron chi connectivity index (χ2n) is 4.74. The van der Waals surface area contributed by atoms with E-state index in [9.17, 15) is 18.0 Å². The Bertz CT molecular complexity index is 464. The normalized spacial score (nSPS) is 11.7. The monoisotopic (exact) mass is 304 g/mol. The number of nitrogens with zero attached hydrogens (tertiary/aromatic N) is 1. The SMILES string of the molecule is CC(=O)Nc1ccccc1CN(CCCO)CC(F)(F)F. The molecule has 1 rings (SSSR count). The molecule has 0 spiro atoms. The molecule has 1 amide bonds. The van der Waals surface area contributed by atoms with E-state index in [0.29, 0.717) is 11.3 Å². The zero-order valence-electron chi connectivity index (χ0n) is 11.8. The van der Waals surface area contributed by atoms with Crippen molar-refractivity contribution in [1.29, 1.82) is 0 Å². The molecule has 21 heavy (non-hydrogen) atoms. The highest BCUT2D eigenvalue weighted by Gasteiger charge is 2.30. The number of hydrogen-bond donors (Lipinski definition) is 2. The Morgan fingerprint density at radius 2 is 2.00 bits per heavy atom. The van der Waals surface area contributed by atoms with Crippen LogP contribution >= 0.6 is 0 Å². The van der Waals surface area contributed by atoms with Crippen molar-refractivity contribution in [2.24, 2.45) is 0 Å². The van der Waals surface area contributed by atoms with Crippen LogP contribution in [0, 0.1) is 0 Å². The summed E-state index contributed by atoms with van der Waals surface area (Å²) in [6.07, 6.45) is -4.04. The van der Waals surface area contributed by atoms with E-state index in [0.717, 1.165) is 0 Å². The van der Waals surface area contributed by atoms with Gasteiger partial charge in [0.2, 0.25) is 5.91 Å². The lowest BCUT2D eigenvalue weighted by Gasteiger charge is -2.24. The molecule has 0 heterocycles. The number of aliphatic hydroxyl groups is 1. The molecule has 0 aliphatic rings. The molecule has 0 aliphatic carbocycles. The number of rotatable bonds is 7. The van der Waals surface area contributed by atoms with Gasteiger partial charge < -0.3 is 10.4 Å². The summed E-state index contributed by atoms with van der Waals surface area (Å²) in [6.45, 7) is 0.305. The third kappa shape index (κ3) is 7.10. The summed E-state index contributed by atoms with van der Waals surface area (Å²) in [5.74, 6) is -0.278. The second-order valence-corrected chi connectivity index (χ2v) is 4.74. The molecule has 4 nitrogen and oxygen atoms in total. The predicted octanol–water partition coefficient (Wildman–Crippen LogP) is 2.39. The molecule has 0 saturated heterocycles. The number of para-hydroxylation sites is 1. The van der Waals surface area contributed by atoms with Crippen molar-refractivity contribution in [3.63, 3.8) is 0 Å². The molecule has 0 aromatic heterocycles. The number of amides is 1. The van der Waals surface area contributed by atoms with E-state index in [1.165, 1.54) is 11.8 Å². The van der Waals surface area contributed by atoms with E-state index >= 15 is 0 Å². The van der Waals surface area contributed by atoms with Crippen LogP contribution in [0.1, 0.15) is 18.9 Å². The number of carbonyl (C=O) groups excluding carboxylic acids is 1. The number of hydrogen-bond acceptors (Lipinski definition) is 3. The van der Waals surface area contributed by atoms with Crippen molar-refractivity contribution in [3.05, 3.63) is 29.8 Å². The highest BCUT2D eigenvalue weighted by molar-refractivity contribution is 5.89. The van der Waals surface area contributed by atoms with Crippen molar-refractivity contribution in [1.82, 2.24) is 4.90 Å². The first-order valence-corrected chi connectivity index (χ1v) is 6.57. The summed E-state index contributed by atoms with van der Waals surface area (Å²) in [7, 11) is 0. The first kappa shape index (κ1) is 17.5. The van der Waals surface area contributed by atoms with E-state index in [-0.39, 0.29) is 32.0 Å². The molecule has 0 radical (unpaired) electrons. The van der Waals surface area contributed by atoms with Crippen LogP contribution in [-0.2, 0) is 11.3 Å². The Balaban J connectivity index is 2.84. The van der Waals surface area contributed by atoms with Crippen LogP contribution in [0.15, 0.2) is 24.3 Å². The molecule has 1 aromatic carbocycles. The molecule has 2 N–H and O–H groups in total. The molecular weight excluding hydrogens is 285 g/mol. The third-order valence-electron chi connectivity index (χ3n) is 2.76. The first-order chi connectivity index (χ1) is 9.81. The molecule has 0 aliphatic heterocycles. The first-order valence-electron chi connectivity index (χ1n) is 6.57. The Morgan fingerprint density at radius 3 is 2.57 bits per heavy atom. The van der Waals surface area contributed by atoms with E-state index in [4.69, 9.17) is 5.11 Å². The van der Waals surface area contributed by atoms with Crippen LogP contribution in [0.4, 0.5) is 18.9 Å². The van der Waals surface area contributed by atoms with E-state index in [1.54, 1.807) is 24.3 Å². The van der Waals surface area contributed by atoms with Crippen LogP contribution < -0.4 is 5.32 Å². The molecule has 0 fully saturated rings. The zero-order chi connectivity index (χ0) is 15.9. The molecule has 1 aromatic rings. The van der Waals surface area contributed by atoms with Gasteiger partial charge in [-0.2, -0.15) is 13.2 Å². The van der Waals surface area contributed by atoms with E-state index in [1.807, 2.05) is 0 Å². The van der Waals surface area contributed by atoms with Crippen molar-refractivity contribution in [2.75, 3.05) is 25.0 Å². The van der Waals surface area contributed by atoms with Gasteiger partial charge in [-0.15, -0.1) is 0 Å². The molecule has 0 atom stereocenters. The number of anilines is 1. The fourth-order valence-electron chi connectivity index (χ4n) is 1.97. The summed E-state index contributed by atoms with van der Waals surface area (Å²) in [4.78, 5) is 12.3.